The first-order chi connectivity index (χ1) is 7.91. The molecule has 0 aromatic heterocycles. The van der Waals surface area contributed by atoms with Crippen LogP contribution in [0.5, 0.6) is 0 Å². The number of benzene rings is 1. The summed E-state index contributed by atoms with van der Waals surface area (Å²) in [6.07, 6.45) is 0. The van der Waals surface area contributed by atoms with Gasteiger partial charge in [-0.25, -0.2) is 8.42 Å². The van der Waals surface area contributed by atoms with Crippen molar-refractivity contribution >= 4 is 10.0 Å². The molecule has 1 aromatic carbocycles. The Morgan fingerprint density at radius 3 is 2.29 bits per heavy atom. The van der Waals surface area contributed by atoms with Crippen molar-refractivity contribution in [1.82, 2.24) is 4.31 Å². The average Bonchev–Trinajstić information content (AvgIpc) is 2.60. The summed E-state index contributed by atoms with van der Waals surface area (Å²) in [5.41, 5.74) is 1.06. The SMILES string of the molecule is [CH2]C1CN(S(=O)(=O)c2ccc(C)cc2)CC1C. The fourth-order valence-corrected chi connectivity index (χ4v) is 3.64. The predicted octanol–water partition coefficient (Wildman–Crippen LogP) is 2.09. The van der Waals surface area contributed by atoms with Crippen LogP contribution in [0.15, 0.2) is 29.2 Å². The molecule has 0 spiro atoms. The number of hydrogen-bond acceptors (Lipinski definition) is 2. The zero-order valence-corrected chi connectivity index (χ0v) is 11.1. The van der Waals surface area contributed by atoms with Gasteiger partial charge in [0.15, 0.2) is 0 Å². The number of nitrogens with zero attached hydrogens (tertiary/aromatic N) is 1. The molecule has 1 radical (unpaired) electrons. The predicted molar refractivity (Wildman–Crippen MR) is 67.9 cm³/mol. The van der Waals surface area contributed by atoms with Gasteiger partial charge in [0, 0.05) is 13.1 Å². The van der Waals surface area contributed by atoms with Crippen molar-refractivity contribution < 1.29 is 8.42 Å². The molecule has 3 nitrogen and oxygen atoms in total. The highest BCUT2D eigenvalue weighted by Crippen LogP contribution is 2.27. The van der Waals surface area contributed by atoms with Gasteiger partial charge >= 0.3 is 0 Å². The molecule has 1 heterocycles. The molecule has 2 rings (SSSR count). The molecule has 0 N–H and O–H groups in total. The van der Waals surface area contributed by atoms with Crippen LogP contribution in [0.1, 0.15) is 12.5 Å². The van der Waals surface area contributed by atoms with Gasteiger partial charge in [0.25, 0.3) is 0 Å². The lowest BCUT2D eigenvalue weighted by Crippen LogP contribution is -2.29. The molecule has 1 aliphatic rings. The van der Waals surface area contributed by atoms with E-state index in [4.69, 9.17) is 0 Å². The van der Waals surface area contributed by atoms with Gasteiger partial charge < -0.3 is 0 Å². The summed E-state index contributed by atoms with van der Waals surface area (Å²) in [6.45, 7) is 9.07. The molecule has 0 amide bonds. The Morgan fingerprint density at radius 2 is 1.82 bits per heavy atom. The molecule has 1 aromatic rings. The quantitative estimate of drug-likeness (QED) is 0.808. The van der Waals surface area contributed by atoms with E-state index in [-0.39, 0.29) is 5.92 Å². The highest BCUT2D eigenvalue weighted by molar-refractivity contribution is 7.89. The fraction of sp³-hybridized carbons (Fsp3) is 0.462. The van der Waals surface area contributed by atoms with Crippen molar-refractivity contribution in [2.75, 3.05) is 13.1 Å². The van der Waals surface area contributed by atoms with E-state index in [0.717, 1.165) is 5.56 Å². The lowest BCUT2D eigenvalue weighted by molar-refractivity contribution is 0.464. The average molecular weight is 252 g/mol. The van der Waals surface area contributed by atoms with Crippen molar-refractivity contribution in [3.63, 3.8) is 0 Å². The molecule has 1 saturated heterocycles. The summed E-state index contributed by atoms with van der Waals surface area (Å²) < 4.78 is 26.2. The van der Waals surface area contributed by atoms with E-state index in [2.05, 4.69) is 6.92 Å². The van der Waals surface area contributed by atoms with Crippen LogP contribution >= 0.6 is 0 Å². The molecule has 1 fully saturated rings. The highest BCUT2D eigenvalue weighted by atomic mass is 32.2. The molecule has 0 saturated carbocycles. The number of hydrogen-bond donors (Lipinski definition) is 0. The Labute approximate surface area is 104 Å². The van der Waals surface area contributed by atoms with E-state index in [9.17, 15) is 8.42 Å². The minimum absolute atomic E-state index is 0.190. The molecule has 4 heteroatoms. The van der Waals surface area contributed by atoms with Gasteiger partial charge in [0.05, 0.1) is 4.90 Å². The van der Waals surface area contributed by atoms with Crippen LogP contribution in [-0.2, 0) is 10.0 Å². The summed E-state index contributed by atoms with van der Waals surface area (Å²) in [7, 11) is -3.33. The lowest BCUT2D eigenvalue weighted by Gasteiger charge is -2.16. The van der Waals surface area contributed by atoms with Crippen molar-refractivity contribution in [2.45, 2.75) is 18.7 Å². The first-order valence-corrected chi connectivity index (χ1v) is 7.25. The summed E-state index contributed by atoms with van der Waals surface area (Å²) in [5, 5.41) is 0. The highest BCUT2D eigenvalue weighted by Gasteiger charge is 2.34. The third kappa shape index (κ3) is 2.38. The molecule has 17 heavy (non-hydrogen) atoms. The smallest absolute Gasteiger partial charge is 0.207 e. The van der Waals surface area contributed by atoms with Crippen LogP contribution in [0.25, 0.3) is 0 Å². The van der Waals surface area contributed by atoms with Gasteiger partial charge in [0.2, 0.25) is 10.0 Å². The Morgan fingerprint density at radius 1 is 1.24 bits per heavy atom. The Kier molecular flexibility index (Phi) is 3.27. The standard InChI is InChI=1S/C13H18NO2S/c1-10-4-6-13(7-5-10)17(15,16)14-8-11(2)12(3)9-14/h4-7,11-12H,2,8-9H2,1,3H3. The molecule has 2 atom stereocenters. The Hall–Kier alpha value is -0.870. The fourth-order valence-electron chi connectivity index (χ4n) is 2.04. The van der Waals surface area contributed by atoms with Gasteiger partial charge in [-0.05, 0) is 37.8 Å². The second kappa shape index (κ2) is 4.42. The normalized spacial score (nSPS) is 26.3. The minimum atomic E-state index is -3.33. The Balaban J connectivity index is 2.28. The van der Waals surface area contributed by atoms with E-state index < -0.39 is 10.0 Å². The summed E-state index contributed by atoms with van der Waals surface area (Å²) in [6, 6.07) is 7.00. The van der Waals surface area contributed by atoms with E-state index in [1.165, 1.54) is 0 Å². The van der Waals surface area contributed by atoms with Crippen LogP contribution in [0.3, 0.4) is 0 Å². The molecule has 0 aliphatic carbocycles. The van der Waals surface area contributed by atoms with Crippen LogP contribution in [0.2, 0.25) is 0 Å². The van der Waals surface area contributed by atoms with Crippen molar-refractivity contribution in [3.8, 4) is 0 Å². The number of rotatable bonds is 2. The van der Waals surface area contributed by atoms with E-state index in [1.54, 1.807) is 16.4 Å². The second-order valence-corrected chi connectivity index (χ2v) is 6.81. The maximum Gasteiger partial charge on any atom is 0.243 e. The van der Waals surface area contributed by atoms with Crippen LogP contribution < -0.4 is 0 Å². The van der Waals surface area contributed by atoms with Crippen LogP contribution in [-0.4, -0.2) is 25.8 Å². The topological polar surface area (TPSA) is 37.4 Å². The molecule has 2 unspecified atom stereocenters. The zero-order chi connectivity index (χ0) is 12.6. The summed E-state index contributed by atoms with van der Waals surface area (Å²) in [4.78, 5) is 0.379. The summed E-state index contributed by atoms with van der Waals surface area (Å²) in [5.74, 6) is 0.519. The number of sulfonamides is 1. The third-order valence-electron chi connectivity index (χ3n) is 3.39. The third-order valence-corrected chi connectivity index (χ3v) is 5.24. The van der Waals surface area contributed by atoms with Gasteiger partial charge in [-0.15, -0.1) is 0 Å². The lowest BCUT2D eigenvalue weighted by atomic mass is 10.0. The maximum atomic E-state index is 12.3. The van der Waals surface area contributed by atoms with Crippen molar-refractivity contribution in [1.29, 1.82) is 0 Å². The molecular weight excluding hydrogens is 234 g/mol. The van der Waals surface area contributed by atoms with Gasteiger partial charge in [-0.2, -0.15) is 4.31 Å². The van der Waals surface area contributed by atoms with Gasteiger partial charge in [0.1, 0.15) is 0 Å². The van der Waals surface area contributed by atoms with Gasteiger partial charge in [-0.3, -0.25) is 0 Å². The zero-order valence-electron chi connectivity index (χ0n) is 10.3. The molecule has 1 aliphatic heterocycles. The summed E-state index contributed by atoms with van der Waals surface area (Å²) >= 11 is 0. The van der Waals surface area contributed by atoms with Crippen molar-refractivity contribution in [2.24, 2.45) is 11.8 Å². The van der Waals surface area contributed by atoms with E-state index >= 15 is 0 Å². The first-order valence-electron chi connectivity index (χ1n) is 5.81. The van der Waals surface area contributed by atoms with Crippen molar-refractivity contribution in [3.05, 3.63) is 36.8 Å². The van der Waals surface area contributed by atoms with Crippen LogP contribution in [0, 0.1) is 25.7 Å². The largest absolute Gasteiger partial charge is 0.243 e. The monoisotopic (exact) mass is 252 g/mol. The van der Waals surface area contributed by atoms with E-state index in [0.29, 0.717) is 23.9 Å². The van der Waals surface area contributed by atoms with Crippen LogP contribution in [0.4, 0.5) is 0 Å². The molecule has 93 valence electrons. The van der Waals surface area contributed by atoms with Gasteiger partial charge in [-0.1, -0.05) is 24.6 Å². The molecular formula is C13H18NO2S. The van der Waals surface area contributed by atoms with E-state index in [1.807, 2.05) is 26.0 Å². The minimum Gasteiger partial charge on any atom is -0.207 e. The molecule has 0 bridgehead atoms. The number of aryl methyl sites for hydroxylation is 1. The maximum absolute atomic E-state index is 12.3. The second-order valence-electron chi connectivity index (χ2n) is 4.87. The Bertz CT molecular complexity index is 483. The first kappa shape index (κ1) is 12.6.